The molecule has 1 saturated heterocycles. The fourth-order valence-electron chi connectivity index (χ4n) is 1.94. The fraction of sp³-hybridized carbons (Fsp3) is 0.615. The molecule has 2 N–H and O–H groups in total. The molecule has 2 heterocycles. The van der Waals surface area contributed by atoms with Crippen LogP contribution in [-0.2, 0) is 0 Å². The highest BCUT2D eigenvalue weighted by Gasteiger charge is 2.17. The van der Waals surface area contributed by atoms with Gasteiger partial charge in [0.15, 0.2) is 23.3 Å². The van der Waals surface area contributed by atoms with E-state index in [1.54, 1.807) is 0 Å². The molecule has 1 unspecified atom stereocenters. The molecule has 0 amide bonds. The van der Waals surface area contributed by atoms with Crippen molar-refractivity contribution in [1.82, 2.24) is 4.98 Å². The third kappa shape index (κ3) is 3.96. The second-order valence-corrected chi connectivity index (χ2v) is 5.84. The van der Waals surface area contributed by atoms with Gasteiger partial charge in [-0.3, -0.25) is 0 Å². The summed E-state index contributed by atoms with van der Waals surface area (Å²) in [4.78, 5) is 3.99. The van der Waals surface area contributed by atoms with E-state index >= 15 is 0 Å². The van der Waals surface area contributed by atoms with Gasteiger partial charge in [-0.15, -0.1) is 0 Å². The number of aromatic nitrogens is 1. The van der Waals surface area contributed by atoms with Crippen LogP contribution in [0.3, 0.4) is 0 Å². The van der Waals surface area contributed by atoms with Crippen LogP contribution in [0.25, 0.3) is 0 Å². The maximum absolute atomic E-state index is 13.6. The molecule has 0 radical (unpaired) electrons. The van der Waals surface area contributed by atoms with Gasteiger partial charge in [0, 0.05) is 19.2 Å². The molecule has 1 aliphatic heterocycles. The molecule has 1 aliphatic rings. The highest BCUT2D eigenvalue weighted by molar-refractivity contribution is 7.99. The second kappa shape index (κ2) is 6.93. The average molecular weight is 287 g/mol. The van der Waals surface area contributed by atoms with E-state index in [4.69, 9.17) is 0 Å². The van der Waals surface area contributed by atoms with Gasteiger partial charge in [0.25, 0.3) is 0 Å². The van der Waals surface area contributed by atoms with Crippen molar-refractivity contribution in [3.63, 3.8) is 0 Å². The SMILES string of the molecule is CCCNc1nc(NCC2CCSC2)c(F)cc1F. The van der Waals surface area contributed by atoms with E-state index < -0.39 is 11.6 Å². The summed E-state index contributed by atoms with van der Waals surface area (Å²) in [5, 5.41) is 5.85. The molecule has 0 aliphatic carbocycles. The van der Waals surface area contributed by atoms with E-state index in [0.29, 0.717) is 19.0 Å². The van der Waals surface area contributed by atoms with E-state index in [9.17, 15) is 8.78 Å². The van der Waals surface area contributed by atoms with Gasteiger partial charge in [-0.2, -0.15) is 11.8 Å². The van der Waals surface area contributed by atoms with Crippen LogP contribution in [-0.4, -0.2) is 29.6 Å². The summed E-state index contributed by atoms with van der Waals surface area (Å²) in [7, 11) is 0. The molecule has 2 rings (SSSR count). The first kappa shape index (κ1) is 14.4. The van der Waals surface area contributed by atoms with Crippen molar-refractivity contribution in [3.05, 3.63) is 17.7 Å². The van der Waals surface area contributed by atoms with Crippen LogP contribution < -0.4 is 10.6 Å². The number of hydrogen-bond acceptors (Lipinski definition) is 4. The number of rotatable bonds is 6. The minimum Gasteiger partial charge on any atom is -0.368 e. The minimum absolute atomic E-state index is 0.117. The lowest BCUT2D eigenvalue weighted by Crippen LogP contribution is -2.16. The Balaban J connectivity index is 2.01. The molecule has 1 aromatic heterocycles. The van der Waals surface area contributed by atoms with Crippen molar-refractivity contribution in [2.45, 2.75) is 19.8 Å². The van der Waals surface area contributed by atoms with Crippen molar-refractivity contribution >= 4 is 23.4 Å². The van der Waals surface area contributed by atoms with Crippen molar-refractivity contribution in [2.75, 3.05) is 35.2 Å². The zero-order valence-electron chi connectivity index (χ0n) is 11.0. The predicted molar refractivity (Wildman–Crippen MR) is 76.9 cm³/mol. The van der Waals surface area contributed by atoms with Gasteiger partial charge in [-0.05, 0) is 30.3 Å². The van der Waals surface area contributed by atoms with Gasteiger partial charge in [-0.1, -0.05) is 6.92 Å². The van der Waals surface area contributed by atoms with E-state index in [1.165, 1.54) is 0 Å². The third-order valence-corrected chi connectivity index (χ3v) is 4.29. The average Bonchev–Trinajstić information content (AvgIpc) is 2.90. The maximum atomic E-state index is 13.6. The summed E-state index contributed by atoms with van der Waals surface area (Å²) in [5.74, 6) is 1.77. The number of nitrogens with zero attached hydrogens (tertiary/aromatic N) is 1. The Morgan fingerprint density at radius 3 is 2.68 bits per heavy atom. The normalized spacial score (nSPS) is 18.6. The van der Waals surface area contributed by atoms with Gasteiger partial charge in [0.2, 0.25) is 0 Å². The van der Waals surface area contributed by atoms with E-state index in [1.807, 2.05) is 18.7 Å². The molecule has 1 fully saturated rings. The van der Waals surface area contributed by atoms with Gasteiger partial charge < -0.3 is 10.6 Å². The molecule has 106 valence electrons. The Morgan fingerprint density at radius 1 is 1.32 bits per heavy atom. The molecule has 0 saturated carbocycles. The van der Waals surface area contributed by atoms with Gasteiger partial charge >= 0.3 is 0 Å². The van der Waals surface area contributed by atoms with Crippen molar-refractivity contribution in [2.24, 2.45) is 5.92 Å². The Kier molecular flexibility index (Phi) is 5.24. The molecular formula is C13H19F2N3S. The first-order chi connectivity index (χ1) is 9.20. The lowest BCUT2D eigenvalue weighted by atomic mass is 10.1. The standard InChI is InChI=1S/C13H19F2N3S/c1-2-4-16-12-10(14)6-11(15)13(18-12)17-7-9-3-5-19-8-9/h6,9H,2-5,7-8H2,1H3,(H2,16,17,18). The summed E-state index contributed by atoms with van der Waals surface area (Å²) in [6.45, 7) is 3.29. The Bertz CT molecular complexity index is 423. The lowest BCUT2D eigenvalue weighted by molar-refractivity contribution is 0.573. The quantitative estimate of drug-likeness (QED) is 0.841. The summed E-state index contributed by atoms with van der Waals surface area (Å²) < 4.78 is 27.1. The molecule has 3 nitrogen and oxygen atoms in total. The van der Waals surface area contributed by atoms with Gasteiger partial charge in [0.05, 0.1) is 0 Å². The van der Waals surface area contributed by atoms with Gasteiger partial charge in [0.1, 0.15) is 0 Å². The first-order valence-electron chi connectivity index (χ1n) is 6.62. The summed E-state index contributed by atoms with van der Waals surface area (Å²) in [5.41, 5.74) is 0. The minimum atomic E-state index is -0.645. The van der Waals surface area contributed by atoms with Crippen LogP contribution in [0.2, 0.25) is 0 Å². The molecule has 19 heavy (non-hydrogen) atoms. The van der Waals surface area contributed by atoms with E-state index in [-0.39, 0.29) is 11.6 Å². The fourth-order valence-corrected chi connectivity index (χ4v) is 3.23. The number of halogens is 2. The van der Waals surface area contributed by atoms with Crippen LogP contribution >= 0.6 is 11.8 Å². The molecule has 0 bridgehead atoms. The molecule has 0 aromatic carbocycles. The molecule has 1 aromatic rings. The number of pyridine rings is 1. The second-order valence-electron chi connectivity index (χ2n) is 4.69. The predicted octanol–water partition coefficient (Wildman–Crippen LogP) is 3.35. The molecule has 6 heteroatoms. The highest BCUT2D eigenvalue weighted by Crippen LogP contribution is 2.25. The topological polar surface area (TPSA) is 37.0 Å². The number of thioether (sulfide) groups is 1. The Hall–Kier alpha value is -1.04. The number of anilines is 2. The first-order valence-corrected chi connectivity index (χ1v) is 7.77. The van der Waals surface area contributed by atoms with E-state index in [0.717, 1.165) is 30.4 Å². The molecule has 0 spiro atoms. The maximum Gasteiger partial charge on any atom is 0.168 e. The monoisotopic (exact) mass is 287 g/mol. The summed E-state index contributed by atoms with van der Waals surface area (Å²) in [6, 6.07) is 0.886. The van der Waals surface area contributed by atoms with Crippen LogP contribution in [0.5, 0.6) is 0 Å². The Morgan fingerprint density at radius 2 is 2.05 bits per heavy atom. The zero-order chi connectivity index (χ0) is 13.7. The van der Waals surface area contributed by atoms with Crippen LogP contribution in [0.4, 0.5) is 20.4 Å². The lowest BCUT2D eigenvalue weighted by Gasteiger charge is -2.13. The summed E-state index contributed by atoms with van der Waals surface area (Å²) in [6.07, 6.45) is 2.00. The highest BCUT2D eigenvalue weighted by atomic mass is 32.2. The Labute approximate surface area is 116 Å². The number of hydrogen-bond donors (Lipinski definition) is 2. The van der Waals surface area contributed by atoms with Crippen LogP contribution in [0.15, 0.2) is 6.07 Å². The van der Waals surface area contributed by atoms with Gasteiger partial charge in [-0.25, -0.2) is 13.8 Å². The zero-order valence-corrected chi connectivity index (χ0v) is 11.8. The molecular weight excluding hydrogens is 268 g/mol. The third-order valence-electron chi connectivity index (χ3n) is 3.05. The van der Waals surface area contributed by atoms with Crippen LogP contribution in [0.1, 0.15) is 19.8 Å². The van der Waals surface area contributed by atoms with Crippen molar-refractivity contribution in [3.8, 4) is 0 Å². The largest absolute Gasteiger partial charge is 0.368 e. The summed E-state index contributed by atoms with van der Waals surface area (Å²) >= 11 is 1.91. The smallest absolute Gasteiger partial charge is 0.168 e. The molecule has 1 atom stereocenters. The van der Waals surface area contributed by atoms with E-state index in [2.05, 4.69) is 15.6 Å². The van der Waals surface area contributed by atoms with Crippen molar-refractivity contribution < 1.29 is 8.78 Å². The van der Waals surface area contributed by atoms with Crippen molar-refractivity contribution in [1.29, 1.82) is 0 Å². The van der Waals surface area contributed by atoms with Crippen LogP contribution in [0, 0.1) is 17.6 Å². The number of nitrogens with one attached hydrogen (secondary N) is 2.